The zero-order valence-electron chi connectivity index (χ0n) is 7.82. The minimum Gasteiger partial charge on any atom is -0.481 e. The molecule has 5 nitrogen and oxygen atoms in total. The Morgan fingerprint density at radius 1 is 1.46 bits per heavy atom. The fraction of sp³-hybridized carbons (Fsp3) is 0.750. The molecule has 0 aromatic carbocycles. The van der Waals surface area contributed by atoms with Crippen LogP contribution in [0.5, 0.6) is 0 Å². The molecule has 0 aromatic rings. The Kier molecular flexibility index (Phi) is 5.06. The highest BCUT2D eigenvalue weighted by Crippen LogP contribution is 2.00. The average molecular weight is 189 g/mol. The summed E-state index contributed by atoms with van der Waals surface area (Å²) in [6, 6.07) is -0.672. The maximum absolute atomic E-state index is 11.0. The Labute approximate surface area is 76.9 Å². The lowest BCUT2D eigenvalue weighted by molar-refractivity contribution is -0.148. The summed E-state index contributed by atoms with van der Waals surface area (Å²) in [4.78, 5) is 21.1. The molecule has 13 heavy (non-hydrogen) atoms. The zero-order chi connectivity index (χ0) is 10.4. The van der Waals surface area contributed by atoms with E-state index in [1.54, 1.807) is 13.8 Å². The lowest BCUT2D eigenvalue weighted by Crippen LogP contribution is -2.37. The molecule has 1 atom stereocenters. The molecule has 0 radical (unpaired) electrons. The van der Waals surface area contributed by atoms with Crippen molar-refractivity contribution in [3.05, 3.63) is 0 Å². The summed E-state index contributed by atoms with van der Waals surface area (Å²) in [5, 5.41) is 8.25. The topological polar surface area (TPSA) is 89.6 Å². The Morgan fingerprint density at radius 2 is 2.00 bits per heavy atom. The van der Waals surface area contributed by atoms with Crippen LogP contribution in [0, 0.1) is 5.92 Å². The average Bonchev–Trinajstić information content (AvgIpc) is 2.02. The quantitative estimate of drug-likeness (QED) is 0.593. The highest BCUT2D eigenvalue weighted by atomic mass is 16.5. The summed E-state index contributed by atoms with van der Waals surface area (Å²) in [6.45, 7) is 3.47. The van der Waals surface area contributed by atoms with Gasteiger partial charge in [0, 0.05) is 0 Å². The number of carbonyl (C=O) groups excluding carboxylic acids is 1. The number of carboxylic acid groups (broad SMARTS) is 1. The maximum Gasteiger partial charge on any atom is 0.323 e. The second kappa shape index (κ2) is 5.53. The highest BCUT2D eigenvalue weighted by molar-refractivity contribution is 5.76. The standard InChI is InChI=1S/C8H15NO4/c1-5(2)7(9)8(12)13-4-3-6(10)11/h5,7H,3-4,9H2,1-2H3,(H,10,11). The first-order valence-electron chi connectivity index (χ1n) is 4.09. The van der Waals surface area contributed by atoms with Crippen LogP contribution in [0.4, 0.5) is 0 Å². The fourth-order valence-electron chi connectivity index (χ4n) is 0.607. The smallest absolute Gasteiger partial charge is 0.323 e. The van der Waals surface area contributed by atoms with Gasteiger partial charge in [-0.05, 0) is 5.92 Å². The van der Waals surface area contributed by atoms with Crippen molar-refractivity contribution in [2.45, 2.75) is 26.3 Å². The Balaban J connectivity index is 3.68. The third-order valence-electron chi connectivity index (χ3n) is 1.55. The van der Waals surface area contributed by atoms with Gasteiger partial charge >= 0.3 is 11.9 Å². The number of carboxylic acids is 1. The van der Waals surface area contributed by atoms with Crippen LogP contribution < -0.4 is 5.73 Å². The fourth-order valence-corrected chi connectivity index (χ4v) is 0.607. The molecule has 0 amide bonds. The molecule has 5 heteroatoms. The molecular weight excluding hydrogens is 174 g/mol. The molecule has 0 fully saturated rings. The van der Waals surface area contributed by atoms with Gasteiger partial charge in [0.15, 0.2) is 0 Å². The molecule has 0 aliphatic rings. The van der Waals surface area contributed by atoms with Crippen LogP contribution in [0.25, 0.3) is 0 Å². The Bertz CT molecular complexity index is 191. The Hall–Kier alpha value is -1.10. The number of carbonyl (C=O) groups is 2. The zero-order valence-corrected chi connectivity index (χ0v) is 7.82. The first-order valence-corrected chi connectivity index (χ1v) is 4.09. The van der Waals surface area contributed by atoms with Crippen molar-refractivity contribution in [2.24, 2.45) is 11.7 Å². The van der Waals surface area contributed by atoms with E-state index in [0.29, 0.717) is 0 Å². The SMILES string of the molecule is CC(C)C(N)C(=O)OCCC(=O)O. The minimum atomic E-state index is -0.995. The van der Waals surface area contributed by atoms with Gasteiger partial charge in [-0.3, -0.25) is 9.59 Å². The second-order valence-corrected chi connectivity index (χ2v) is 3.08. The van der Waals surface area contributed by atoms with E-state index >= 15 is 0 Å². The molecule has 0 aliphatic carbocycles. The molecule has 0 aliphatic heterocycles. The first-order chi connectivity index (χ1) is 5.95. The van der Waals surface area contributed by atoms with Crippen molar-refractivity contribution < 1.29 is 19.4 Å². The number of esters is 1. The van der Waals surface area contributed by atoms with Crippen molar-refractivity contribution in [2.75, 3.05) is 6.61 Å². The van der Waals surface area contributed by atoms with E-state index in [-0.39, 0.29) is 18.9 Å². The van der Waals surface area contributed by atoms with Crippen molar-refractivity contribution in [1.82, 2.24) is 0 Å². The summed E-state index contributed by atoms with van der Waals surface area (Å²) in [7, 11) is 0. The van der Waals surface area contributed by atoms with Crippen LogP contribution in [-0.4, -0.2) is 29.7 Å². The van der Waals surface area contributed by atoms with Gasteiger partial charge in [-0.1, -0.05) is 13.8 Å². The van der Waals surface area contributed by atoms with Gasteiger partial charge in [0.05, 0.1) is 6.42 Å². The third kappa shape index (κ3) is 5.19. The molecular formula is C8H15NO4. The van der Waals surface area contributed by atoms with E-state index in [2.05, 4.69) is 4.74 Å². The van der Waals surface area contributed by atoms with Gasteiger partial charge in [0.2, 0.25) is 0 Å². The van der Waals surface area contributed by atoms with Crippen molar-refractivity contribution >= 4 is 11.9 Å². The molecule has 0 heterocycles. The number of nitrogens with two attached hydrogens (primary N) is 1. The minimum absolute atomic E-state index is 0.00247. The summed E-state index contributed by atoms with van der Waals surface area (Å²) in [6.07, 6.45) is -0.184. The number of ether oxygens (including phenoxy) is 1. The van der Waals surface area contributed by atoms with Crippen LogP contribution in [0.3, 0.4) is 0 Å². The highest BCUT2D eigenvalue weighted by Gasteiger charge is 2.18. The lowest BCUT2D eigenvalue weighted by Gasteiger charge is -2.13. The van der Waals surface area contributed by atoms with E-state index in [1.165, 1.54) is 0 Å². The molecule has 0 rings (SSSR count). The number of aliphatic carboxylic acids is 1. The summed E-state index contributed by atoms with van der Waals surface area (Å²) in [5.41, 5.74) is 5.45. The maximum atomic E-state index is 11.0. The second-order valence-electron chi connectivity index (χ2n) is 3.08. The number of hydrogen-bond acceptors (Lipinski definition) is 4. The monoisotopic (exact) mass is 189 g/mol. The molecule has 0 aromatic heterocycles. The van der Waals surface area contributed by atoms with Crippen LogP contribution >= 0.6 is 0 Å². The van der Waals surface area contributed by atoms with Gasteiger partial charge < -0.3 is 15.6 Å². The van der Waals surface area contributed by atoms with Gasteiger partial charge in [-0.2, -0.15) is 0 Å². The Morgan fingerprint density at radius 3 is 2.38 bits per heavy atom. The van der Waals surface area contributed by atoms with Gasteiger partial charge in [-0.15, -0.1) is 0 Å². The van der Waals surface area contributed by atoms with Crippen molar-refractivity contribution in [1.29, 1.82) is 0 Å². The molecule has 0 saturated heterocycles. The largest absolute Gasteiger partial charge is 0.481 e. The molecule has 0 saturated carbocycles. The third-order valence-corrected chi connectivity index (χ3v) is 1.55. The molecule has 0 bridgehead atoms. The summed E-state index contributed by atoms with van der Waals surface area (Å²) in [5.74, 6) is -1.54. The van der Waals surface area contributed by atoms with Crippen LogP contribution in [0.2, 0.25) is 0 Å². The van der Waals surface area contributed by atoms with Crippen LogP contribution in [0.15, 0.2) is 0 Å². The summed E-state index contributed by atoms with van der Waals surface area (Å²) < 4.78 is 4.63. The summed E-state index contributed by atoms with van der Waals surface area (Å²) >= 11 is 0. The van der Waals surface area contributed by atoms with Gasteiger partial charge in [0.1, 0.15) is 12.6 Å². The molecule has 1 unspecified atom stereocenters. The number of rotatable bonds is 5. The lowest BCUT2D eigenvalue weighted by atomic mass is 10.1. The number of hydrogen-bond donors (Lipinski definition) is 2. The van der Waals surface area contributed by atoms with Crippen molar-refractivity contribution in [3.8, 4) is 0 Å². The van der Waals surface area contributed by atoms with E-state index in [4.69, 9.17) is 10.8 Å². The van der Waals surface area contributed by atoms with Gasteiger partial charge in [-0.25, -0.2) is 0 Å². The van der Waals surface area contributed by atoms with E-state index in [9.17, 15) is 9.59 Å². The van der Waals surface area contributed by atoms with E-state index in [1.807, 2.05) is 0 Å². The predicted octanol–water partition coefficient (Wildman–Crippen LogP) is -0.0124. The molecule has 3 N–H and O–H groups in total. The first kappa shape index (κ1) is 11.9. The van der Waals surface area contributed by atoms with Crippen LogP contribution in [0.1, 0.15) is 20.3 Å². The van der Waals surface area contributed by atoms with Crippen LogP contribution in [-0.2, 0) is 14.3 Å². The molecule has 76 valence electrons. The van der Waals surface area contributed by atoms with Crippen molar-refractivity contribution in [3.63, 3.8) is 0 Å². The predicted molar refractivity (Wildman–Crippen MR) is 46.0 cm³/mol. The normalized spacial score (nSPS) is 12.6. The van der Waals surface area contributed by atoms with Gasteiger partial charge in [0.25, 0.3) is 0 Å². The van der Waals surface area contributed by atoms with E-state index < -0.39 is 18.0 Å². The molecule has 0 spiro atoms. The van der Waals surface area contributed by atoms with E-state index in [0.717, 1.165) is 0 Å².